The largest absolute Gasteiger partial charge is 0.463 e. The lowest BCUT2D eigenvalue weighted by Crippen LogP contribution is -2.07. The predicted molar refractivity (Wildman–Crippen MR) is 73.3 cm³/mol. The Morgan fingerprint density at radius 2 is 2.26 bits per heavy atom. The highest BCUT2D eigenvalue weighted by Gasteiger charge is 2.11. The van der Waals surface area contributed by atoms with Gasteiger partial charge in [-0.05, 0) is 23.3 Å². The first-order chi connectivity index (χ1) is 8.97. The summed E-state index contributed by atoms with van der Waals surface area (Å²) in [5.41, 5.74) is 8.55. The average Bonchev–Trinajstić information content (AvgIpc) is 2.77. The van der Waals surface area contributed by atoms with E-state index in [1.165, 1.54) is 12.4 Å². The number of anilines is 1. The Kier molecular flexibility index (Phi) is 3.66. The first-order valence-corrected chi connectivity index (χ1v) is 7.17. The monoisotopic (exact) mass is 279 g/mol. The van der Waals surface area contributed by atoms with E-state index in [-0.39, 0.29) is 0 Å². The summed E-state index contributed by atoms with van der Waals surface area (Å²) < 4.78 is 12.2. The van der Waals surface area contributed by atoms with Gasteiger partial charge in [-0.3, -0.25) is 4.21 Å². The Bertz CT molecular complexity index is 651. The third-order valence-corrected chi connectivity index (χ3v) is 3.30. The van der Waals surface area contributed by atoms with Crippen molar-refractivity contribution >= 4 is 22.6 Å². The molecule has 1 unspecified atom stereocenters. The molecule has 0 aliphatic carbocycles. The van der Waals surface area contributed by atoms with Crippen molar-refractivity contribution in [3.63, 3.8) is 0 Å². The minimum absolute atomic E-state index is 0.360. The first-order valence-electron chi connectivity index (χ1n) is 5.44. The molecular weight excluding hydrogens is 266 g/mol. The Morgan fingerprint density at radius 3 is 2.84 bits per heavy atom. The molecule has 100 valence electrons. The third-order valence-electron chi connectivity index (χ3n) is 2.58. The second-order valence-electron chi connectivity index (χ2n) is 4.09. The topological polar surface area (TPSA) is 98.2 Å². The predicted octanol–water partition coefficient (Wildman–Crippen LogP) is 1.54. The standard InChI is InChI=1S/C12H13N3O3S/c1-19(18)7-8-4-10(13)2-3-11(8)9-5-14-15(6-9)12(16)17/h2-6H,7,13H2,1H3,(H,16,17). The van der Waals surface area contributed by atoms with E-state index in [0.717, 1.165) is 15.8 Å². The van der Waals surface area contributed by atoms with Crippen molar-refractivity contribution in [1.82, 2.24) is 9.78 Å². The number of hydrogen-bond donors (Lipinski definition) is 2. The molecule has 1 aromatic heterocycles. The molecular formula is C12H13N3O3S. The quantitative estimate of drug-likeness (QED) is 0.830. The number of benzene rings is 1. The molecule has 0 bridgehead atoms. The summed E-state index contributed by atoms with van der Waals surface area (Å²) in [4.78, 5) is 10.8. The van der Waals surface area contributed by atoms with Crippen LogP contribution >= 0.6 is 0 Å². The Hall–Kier alpha value is -2.15. The number of carbonyl (C=O) groups is 1. The van der Waals surface area contributed by atoms with Crippen LogP contribution in [0.25, 0.3) is 11.1 Å². The average molecular weight is 279 g/mol. The Labute approximate surface area is 112 Å². The van der Waals surface area contributed by atoms with Crippen LogP contribution in [0.1, 0.15) is 5.56 Å². The van der Waals surface area contributed by atoms with Gasteiger partial charge in [-0.2, -0.15) is 9.78 Å². The van der Waals surface area contributed by atoms with Gasteiger partial charge < -0.3 is 10.8 Å². The first kappa shape index (κ1) is 13.3. The van der Waals surface area contributed by atoms with E-state index in [0.29, 0.717) is 17.0 Å². The fourth-order valence-corrected chi connectivity index (χ4v) is 2.48. The van der Waals surface area contributed by atoms with Gasteiger partial charge in [0.05, 0.1) is 6.20 Å². The van der Waals surface area contributed by atoms with Crippen LogP contribution in [-0.4, -0.2) is 31.4 Å². The van der Waals surface area contributed by atoms with Gasteiger partial charge >= 0.3 is 6.09 Å². The van der Waals surface area contributed by atoms with Crippen molar-refractivity contribution in [2.24, 2.45) is 0 Å². The summed E-state index contributed by atoms with van der Waals surface area (Å²) >= 11 is 0. The van der Waals surface area contributed by atoms with Crippen LogP contribution in [0.2, 0.25) is 0 Å². The van der Waals surface area contributed by atoms with Gasteiger partial charge in [0.1, 0.15) is 0 Å². The molecule has 0 radical (unpaired) electrons. The number of nitrogen functional groups attached to an aromatic ring is 1. The molecule has 0 spiro atoms. The van der Waals surface area contributed by atoms with Crippen molar-refractivity contribution in [3.05, 3.63) is 36.2 Å². The molecule has 2 rings (SSSR count). The highest BCUT2D eigenvalue weighted by atomic mass is 32.2. The molecule has 0 saturated heterocycles. The van der Waals surface area contributed by atoms with Crippen molar-refractivity contribution in [2.45, 2.75) is 5.75 Å². The minimum Gasteiger partial charge on any atom is -0.463 e. The van der Waals surface area contributed by atoms with Crippen molar-refractivity contribution in [2.75, 3.05) is 12.0 Å². The second kappa shape index (κ2) is 5.23. The van der Waals surface area contributed by atoms with Crippen LogP contribution in [0.4, 0.5) is 10.5 Å². The van der Waals surface area contributed by atoms with E-state index in [1.54, 1.807) is 24.5 Å². The van der Waals surface area contributed by atoms with Gasteiger partial charge in [-0.25, -0.2) is 4.79 Å². The second-order valence-corrected chi connectivity index (χ2v) is 5.53. The summed E-state index contributed by atoms with van der Waals surface area (Å²) in [7, 11) is -1.01. The van der Waals surface area contributed by atoms with Crippen LogP contribution in [0, 0.1) is 0 Å². The van der Waals surface area contributed by atoms with Gasteiger partial charge in [-0.15, -0.1) is 0 Å². The van der Waals surface area contributed by atoms with Gasteiger partial charge in [-0.1, -0.05) is 6.07 Å². The van der Waals surface area contributed by atoms with E-state index in [9.17, 15) is 9.00 Å². The maximum atomic E-state index is 11.4. The summed E-state index contributed by atoms with van der Waals surface area (Å²) in [5.74, 6) is 0.360. The zero-order valence-corrected chi connectivity index (χ0v) is 11.1. The summed E-state index contributed by atoms with van der Waals surface area (Å²) in [6, 6.07) is 5.24. The lowest BCUT2D eigenvalue weighted by atomic mass is 10.0. The molecule has 0 saturated carbocycles. The van der Waals surface area contributed by atoms with Gasteiger partial charge in [0.2, 0.25) is 0 Å². The maximum Gasteiger partial charge on any atom is 0.432 e. The number of aromatic nitrogens is 2. The smallest absolute Gasteiger partial charge is 0.432 e. The van der Waals surface area contributed by atoms with Crippen molar-refractivity contribution in [1.29, 1.82) is 0 Å². The molecule has 7 heteroatoms. The van der Waals surface area contributed by atoms with Gasteiger partial charge in [0.15, 0.2) is 0 Å². The van der Waals surface area contributed by atoms with Crippen LogP contribution in [0.3, 0.4) is 0 Å². The van der Waals surface area contributed by atoms with E-state index in [4.69, 9.17) is 10.8 Å². The lowest BCUT2D eigenvalue weighted by molar-refractivity contribution is 0.192. The van der Waals surface area contributed by atoms with Crippen LogP contribution in [0.15, 0.2) is 30.6 Å². The number of nitrogens with zero attached hydrogens (tertiary/aromatic N) is 2. The van der Waals surface area contributed by atoms with Gasteiger partial charge in [0.25, 0.3) is 0 Å². The molecule has 2 aromatic rings. The highest BCUT2D eigenvalue weighted by molar-refractivity contribution is 7.83. The fourth-order valence-electron chi connectivity index (χ4n) is 1.80. The van der Waals surface area contributed by atoms with Gasteiger partial charge in [0, 0.05) is 40.3 Å². The van der Waals surface area contributed by atoms with Crippen LogP contribution in [-0.2, 0) is 16.6 Å². The third kappa shape index (κ3) is 3.00. The summed E-state index contributed by atoms with van der Waals surface area (Å²) in [6.07, 6.45) is 3.33. The number of hydrogen-bond acceptors (Lipinski definition) is 4. The fraction of sp³-hybridized carbons (Fsp3) is 0.167. The molecule has 3 N–H and O–H groups in total. The minimum atomic E-state index is -1.15. The zero-order chi connectivity index (χ0) is 14.0. The normalized spacial score (nSPS) is 12.3. The van der Waals surface area contributed by atoms with E-state index in [2.05, 4.69) is 5.10 Å². The maximum absolute atomic E-state index is 11.4. The SMILES string of the molecule is CS(=O)Cc1cc(N)ccc1-c1cnn(C(=O)O)c1. The Balaban J connectivity index is 2.47. The molecule has 19 heavy (non-hydrogen) atoms. The molecule has 0 aliphatic rings. The summed E-state index contributed by atoms with van der Waals surface area (Å²) in [5, 5.41) is 12.6. The molecule has 1 heterocycles. The van der Waals surface area contributed by atoms with E-state index < -0.39 is 16.9 Å². The highest BCUT2D eigenvalue weighted by Crippen LogP contribution is 2.26. The number of nitrogens with two attached hydrogens (primary N) is 1. The Morgan fingerprint density at radius 1 is 1.53 bits per heavy atom. The molecule has 0 fully saturated rings. The van der Waals surface area contributed by atoms with Crippen molar-refractivity contribution in [3.8, 4) is 11.1 Å². The molecule has 1 aromatic carbocycles. The summed E-state index contributed by atoms with van der Waals surface area (Å²) in [6.45, 7) is 0. The van der Waals surface area contributed by atoms with Crippen LogP contribution in [0.5, 0.6) is 0 Å². The lowest BCUT2D eigenvalue weighted by Gasteiger charge is -2.07. The van der Waals surface area contributed by atoms with E-state index >= 15 is 0 Å². The molecule has 1 atom stereocenters. The number of carboxylic acid groups (broad SMARTS) is 1. The van der Waals surface area contributed by atoms with Crippen molar-refractivity contribution < 1.29 is 14.1 Å². The molecule has 6 nitrogen and oxygen atoms in total. The van der Waals surface area contributed by atoms with Crippen LogP contribution < -0.4 is 5.73 Å². The molecule has 0 aliphatic heterocycles. The van der Waals surface area contributed by atoms with E-state index in [1.807, 2.05) is 0 Å². The zero-order valence-electron chi connectivity index (χ0n) is 10.2. The molecule has 0 amide bonds. The number of rotatable bonds is 3.